The number of azo groups is 1. The van der Waals surface area contributed by atoms with E-state index in [1.54, 1.807) is 0 Å². The molecular formula is C33H30N6O4. The first kappa shape index (κ1) is 27.5. The molecule has 10 heteroatoms. The van der Waals surface area contributed by atoms with Crippen LogP contribution in [0.4, 0.5) is 34.1 Å². The van der Waals surface area contributed by atoms with Crippen molar-refractivity contribution in [3.8, 4) is 0 Å². The highest BCUT2D eigenvalue weighted by Gasteiger charge is 2.32. The van der Waals surface area contributed by atoms with Crippen LogP contribution in [0.1, 0.15) is 19.8 Å². The van der Waals surface area contributed by atoms with Crippen molar-refractivity contribution < 1.29 is 19.4 Å². The molecular weight excluding hydrogens is 544 g/mol. The van der Waals surface area contributed by atoms with Crippen LogP contribution in [-0.4, -0.2) is 29.3 Å². The number of nitrogens with zero attached hydrogens (tertiary/aromatic N) is 2. The van der Waals surface area contributed by atoms with Gasteiger partial charge in [0, 0.05) is 32.9 Å². The Morgan fingerprint density at radius 2 is 1.40 bits per heavy atom. The predicted octanol–water partition coefficient (Wildman–Crippen LogP) is 7.81. The Balaban J connectivity index is 1.21. The maximum atomic E-state index is 12.0. The van der Waals surface area contributed by atoms with Gasteiger partial charge in [-0.05, 0) is 49.4 Å². The summed E-state index contributed by atoms with van der Waals surface area (Å²) in [6.45, 7) is 1.91. The number of rotatable bonds is 10. The number of carbonyl (C=O) groups is 2. The fourth-order valence-corrected chi connectivity index (χ4v) is 5.15. The summed E-state index contributed by atoms with van der Waals surface area (Å²) in [5.41, 5.74) is 11.1. The summed E-state index contributed by atoms with van der Waals surface area (Å²) in [4.78, 5) is 22.8. The molecule has 1 aliphatic heterocycles. The monoisotopic (exact) mass is 574 g/mol. The zero-order valence-corrected chi connectivity index (χ0v) is 23.4. The smallest absolute Gasteiger partial charge is 0.306 e. The third kappa shape index (κ3) is 6.03. The van der Waals surface area contributed by atoms with Crippen molar-refractivity contribution in [2.75, 3.05) is 28.1 Å². The largest absolute Gasteiger partial charge is 0.481 e. The maximum Gasteiger partial charge on any atom is 0.306 e. The number of nitrogens with one attached hydrogen (secondary N) is 4. The highest BCUT2D eigenvalue weighted by Crippen LogP contribution is 2.41. The van der Waals surface area contributed by atoms with Gasteiger partial charge in [0.25, 0.3) is 0 Å². The highest BCUT2D eigenvalue weighted by atomic mass is 16.5. The second-order valence-corrected chi connectivity index (χ2v) is 10.5. The van der Waals surface area contributed by atoms with Crippen molar-refractivity contribution in [2.24, 2.45) is 10.2 Å². The number of carbonyl (C=O) groups excluding carboxylic acids is 1. The van der Waals surface area contributed by atoms with Gasteiger partial charge in [-0.25, -0.2) is 0 Å². The predicted molar refractivity (Wildman–Crippen MR) is 169 cm³/mol. The third-order valence-corrected chi connectivity index (χ3v) is 7.19. The van der Waals surface area contributed by atoms with Crippen LogP contribution in [0.15, 0.2) is 107 Å². The van der Waals surface area contributed by atoms with Crippen LogP contribution >= 0.6 is 0 Å². The Kier molecular flexibility index (Phi) is 7.48. The first-order valence-electron chi connectivity index (χ1n) is 13.9. The molecule has 6 rings (SSSR count). The van der Waals surface area contributed by atoms with Crippen LogP contribution < -0.4 is 21.5 Å². The molecule has 0 fully saturated rings. The second-order valence-electron chi connectivity index (χ2n) is 10.5. The molecule has 43 heavy (non-hydrogen) atoms. The molecule has 10 nitrogen and oxygen atoms in total. The molecule has 0 bridgehead atoms. The van der Waals surface area contributed by atoms with Crippen molar-refractivity contribution in [1.82, 2.24) is 0 Å². The number of fused-ring (bicyclic) bond motifs is 1. The van der Waals surface area contributed by atoms with Gasteiger partial charge in [0.15, 0.2) is 0 Å². The summed E-state index contributed by atoms with van der Waals surface area (Å²) in [5, 5.41) is 28.5. The normalized spacial score (nSPS) is 15.6. The topological polar surface area (TPSA) is 136 Å². The van der Waals surface area contributed by atoms with E-state index in [4.69, 9.17) is 9.84 Å². The number of hydrogen-bond acceptors (Lipinski definition) is 9. The van der Waals surface area contributed by atoms with Gasteiger partial charge in [-0.1, -0.05) is 54.6 Å². The maximum absolute atomic E-state index is 12.0. The molecule has 0 aromatic heterocycles. The number of carboxylic acids is 1. The minimum Gasteiger partial charge on any atom is -0.481 e. The zero-order valence-electron chi connectivity index (χ0n) is 23.4. The van der Waals surface area contributed by atoms with E-state index in [1.807, 2.05) is 104 Å². The molecule has 1 heterocycles. The first-order chi connectivity index (χ1) is 20.9. The summed E-state index contributed by atoms with van der Waals surface area (Å²) >= 11 is 0. The number of ether oxygens (including phenoxy) is 1. The molecule has 1 aliphatic rings. The third-order valence-electron chi connectivity index (χ3n) is 7.19. The van der Waals surface area contributed by atoms with Crippen molar-refractivity contribution in [1.29, 1.82) is 0 Å². The Bertz CT molecular complexity index is 1850. The minimum atomic E-state index is -1.04. The summed E-state index contributed by atoms with van der Waals surface area (Å²) in [7, 11) is 0. The van der Waals surface area contributed by atoms with Gasteiger partial charge in [0.05, 0.1) is 35.6 Å². The molecule has 0 saturated carbocycles. The molecule has 5 aromatic carbocycles. The van der Waals surface area contributed by atoms with Crippen molar-refractivity contribution >= 4 is 67.6 Å². The van der Waals surface area contributed by atoms with Crippen molar-refractivity contribution in [3.63, 3.8) is 0 Å². The average Bonchev–Trinajstić information content (AvgIpc) is 3.02. The Labute approximate surface area is 247 Å². The number of esters is 1. The summed E-state index contributed by atoms with van der Waals surface area (Å²) in [6, 6.07) is 31.5. The molecule has 5 aromatic rings. The standard InChI is InChI=1S/C33H30N6O4/c1-33(20-43-31(42)19-18-30(40)41)34-28-13-7-12-24-27(16-17-29(35-33)32(24)28)39-38-26-15-14-25(22-10-5-6-11-23(22)26)37-36-21-8-3-2-4-9-21/h2-17,34-35,38-39H,18-20H2,1H3,(H,40,41)/b37-36+. The van der Waals surface area contributed by atoms with Gasteiger partial charge in [-0.15, -0.1) is 5.11 Å². The van der Waals surface area contributed by atoms with Crippen LogP contribution in [0.2, 0.25) is 0 Å². The van der Waals surface area contributed by atoms with E-state index in [1.165, 1.54) is 0 Å². The number of hydrazine groups is 1. The van der Waals surface area contributed by atoms with E-state index >= 15 is 0 Å². The number of aliphatic carboxylic acids is 1. The van der Waals surface area contributed by atoms with Gasteiger partial charge in [-0.3, -0.25) is 9.59 Å². The summed E-state index contributed by atoms with van der Waals surface area (Å²) in [5.74, 6) is -1.59. The van der Waals surface area contributed by atoms with Gasteiger partial charge in [0.1, 0.15) is 12.3 Å². The van der Waals surface area contributed by atoms with Crippen LogP contribution in [0.5, 0.6) is 0 Å². The molecule has 0 aliphatic carbocycles. The van der Waals surface area contributed by atoms with E-state index in [0.717, 1.165) is 55.7 Å². The average molecular weight is 575 g/mol. The Morgan fingerprint density at radius 1 is 0.744 bits per heavy atom. The van der Waals surface area contributed by atoms with E-state index in [-0.39, 0.29) is 19.4 Å². The number of hydrogen-bond donors (Lipinski definition) is 5. The van der Waals surface area contributed by atoms with E-state index in [9.17, 15) is 9.59 Å². The van der Waals surface area contributed by atoms with Gasteiger partial charge >= 0.3 is 11.9 Å². The quantitative estimate of drug-likeness (QED) is 0.0647. The zero-order chi connectivity index (χ0) is 29.8. The SMILES string of the molecule is CC1(COC(=O)CCC(=O)O)Nc2cccc3c(NNc4ccc(/N=N/c5ccccc5)c5ccccc45)ccc(c23)N1. The van der Waals surface area contributed by atoms with Crippen LogP contribution in [0, 0.1) is 0 Å². The summed E-state index contributed by atoms with van der Waals surface area (Å²) < 4.78 is 5.38. The van der Waals surface area contributed by atoms with Gasteiger partial charge in [-0.2, -0.15) is 5.11 Å². The molecule has 5 N–H and O–H groups in total. The number of benzene rings is 5. The molecule has 0 amide bonds. The molecule has 1 unspecified atom stereocenters. The molecule has 1 atom stereocenters. The summed E-state index contributed by atoms with van der Waals surface area (Å²) in [6.07, 6.45) is -0.433. The molecule has 216 valence electrons. The number of carboxylic acid groups (broad SMARTS) is 1. The van der Waals surface area contributed by atoms with Crippen LogP contribution in [-0.2, 0) is 14.3 Å². The lowest BCUT2D eigenvalue weighted by Crippen LogP contribution is -2.49. The lowest BCUT2D eigenvalue weighted by molar-refractivity contribution is -0.148. The second kappa shape index (κ2) is 11.7. The highest BCUT2D eigenvalue weighted by molar-refractivity contribution is 6.11. The molecule has 0 spiro atoms. The lowest BCUT2D eigenvalue weighted by atomic mass is 9.99. The van der Waals surface area contributed by atoms with Crippen molar-refractivity contribution in [2.45, 2.75) is 25.4 Å². The Morgan fingerprint density at radius 3 is 2.16 bits per heavy atom. The van der Waals surface area contributed by atoms with E-state index in [0.29, 0.717) is 0 Å². The van der Waals surface area contributed by atoms with Crippen LogP contribution in [0.3, 0.4) is 0 Å². The van der Waals surface area contributed by atoms with Gasteiger partial charge < -0.3 is 31.3 Å². The first-order valence-corrected chi connectivity index (χ1v) is 13.9. The van der Waals surface area contributed by atoms with Gasteiger partial charge in [0.2, 0.25) is 0 Å². The fourth-order valence-electron chi connectivity index (χ4n) is 5.15. The molecule has 0 saturated heterocycles. The Hall–Kier alpha value is -5.64. The minimum absolute atomic E-state index is 0.0246. The fraction of sp³-hybridized carbons (Fsp3) is 0.152. The number of anilines is 4. The molecule has 0 radical (unpaired) electrons. The van der Waals surface area contributed by atoms with Crippen molar-refractivity contribution in [3.05, 3.63) is 97.1 Å². The van der Waals surface area contributed by atoms with E-state index < -0.39 is 17.6 Å². The lowest BCUT2D eigenvalue weighted by Gasteiger charge is -2.38. The van der Waals surface area contributed by atoms with Crippen LogP contribution in [0.25, 0.3) is 21.5 Å². The van der Waals surface area contributed by atoms with E-state index in [2.05, 4.69) is 31.7 Å².